The van der Waals surface area contributed by atoms with E-state index < -0.39 is 5.97 Å². The first-order valence-electron chi connectivity index (χ1n) is 10.6. The second-order valence-electron chi connectivity index (χ2n) is 7.73. The number of hydrogen-bond donors (Lipinski definition) is 1. The Morgan fingerprint density at radius 3 is 2.34 bits per heavy atom. The number of nitrogens with zero attached hydrogens (tertiary/aromatic N) is 2. The molecule has 1 saturated heterocycles. The van der Waals surface area contributed by atoms with Gasteiger partial charge in [0.1, 0.15) is 0 Å². The summed E-state index contributed by atoms with van der Waals surface area (Å²) in [4.78, 5) is 27.8. The normalized spacial score (nSPS) is 13.7. The number of para-hydroxylation sites is 1. The maximum absolute atomic E-state index is 13.2. The van der Waals surface area contributed by atoms with Gasteiger partial charge in [0.15, 0.2) is 0 Å². The molecule has 7 heteroatoms. The minimum Gasteiger partial charge on any atom is -0.465 e. The number of hydrogen-bond acceptors (Lipinski definition) is 5. The van der Waals surface area contributed by atoms with Crippen molar-refractivity contribution in [2.24, 2.45) is 0 Å². The number of carbonyl (C=O) groups excluding carboxylic acids is 2. The van der Waals surface area contributed by atoms with Crippen molar-refractivity contribution in [2.75, 3.05) is 43.6 Å². The quantitative estimate of drug-likeness (QED) is 0.617. The van der Waals surface area contributed by atoms with Crippen LogP contribution in [0.4, 0.5) is 11.4 Å². The molecule has 1 N–H and O–H groups in total. The molecule has 0 spiro atoms. The van der Waals surface area contributed by atoms with Crippen LogP contribution in [0.3, 0.4) is 0 Å². The summed E-state index contributed by atoms with van der Waals surface area (Å²) in [5.74, 6) is -0.769. The highest BCUT2D eigenvalue weighted by Crippen LogP contribution is 2.27. The zero-order chi connectivity index (χ0) is 22.7. The Kier molecular flexibility index (Phi) is 6.28. The molecule has 0 radical (unpaired) electrons. The van der Waals surface area contributed by atoms with Crippen molar-refractivity contribution in [1.82, 2.24) is 4.57 Å². The van der Waals surface area contributed by atoms with Crippen LogP contribution in [0.2, 0.25) is 0 Å². The zero-order valence-electron chi connectivity index (χ0n) is 18.6. The van der Waals surface area contributed by atoms with Gasteiger partial charge in [0.2, 0.25) is 0 Å². The number of methoxy groups -OCH3 is 1. The van der Waals surface area contributed by atoms with Gasteiger partial charge in [0, 0.05) is 35.9 Å². The number of rotatable bonds is 5. The lowest BCUT2D eigenvalue weighted by Crippen LogP contribution is -2.36. The number of aromatic nitrogens is 1. The fraction of sp³-hybridized carbons (Fsp3) is 0.280. The van der Waals surface area contributed by atoms with E-state index in [2.05, 4.69) is 10.2 Å². The number of nitrogens with one attached hydrogen (secondary N) is 1. The monoisotopic (exact) mass is 433 g/mol. The van der Waals surface area contributed by atoms with Gasteiger partial charge >= 0.3 is 5.97 Å². The molecular weight excluding hydrogens is 406 g/mol. The van der Waals surface area contributed by atoms with Crippen molar-refractivity contribution in [2.45, 2.75) is 13.8 Å². The molecule has 7 nitrogen and oxygen atoms in total. The van der Waals surface area contributed by atoms with Crippen molar-refractivity contribution in [3.8, 4) is 5.69 Å². The van der Waals surface area contributed by atoms with E-state index in [0.717, 1.165) is 35.9 Å². The number of aryl methyl sites for hydroxylation is 1. The average Bonchev–Trinajstić information content (AvgIpc) is 3.13. The molecule has 1 aliphatic rings. The number of anilines is 2. The van der Waals surface area contributed by atoms with Crippen LogP contribution in [0.5, 0.6) is 0 Å². The van der Waals surface area contributed by atoms with Crippen LogP contribution < -0.4 is 10.2 Å². The van der Waals surface area contributed by atoms with Gasteiger partial charge in [-0.25, -0.2) is 4.79 Å². The van der Waals surface area contributed by atoms with Crippen LogP contribution in [0.25, 0.3) is 5.69 Å². The van der Waals surface area contributed by atoms with E-state index in [9.17, 15) is 9.59 Å². The van der Waals surface area contributed by atoms with Crippen LogP contribution in [0.1, 0.15) is 32.1 Å². The first-order valence-corrected chi connectivity index (χ1v) is 10.6. The number of ether oxygens (including phenoxy) is 2. The minimum absolute atomic E-state index is 0.274. The molecule has 0 saturated carbocycles. The second-order valence-corrected chi connectivity index (χ2v) is 7.73. The van der Waals surface area contributed by atoms with Crippen LogP contribution in [0.15, 0.2) is 54.6 Å². The number of esters is 1. The highest BCUT2D eigenvalue weighted by atomic mass is 16.5. The molecule has 1 aliphatic heterocycles. The van der Waals surface area contributed by atoms with Crippen LogP contribution >= 0.6 is 0 Å². The molecule has 32 heavy (non-hydrogen) atoms. The standard InChI is InChI=1S/C25H27N3O4/c1-17-15-21(18(2)28(17)19-7-5-4-6-8-19)24(29)26-23-10-9-20(16-22(23)25(30)31-3)27-11-13-32-14-12-27/h4-10,15-16H,11-14H2,1-3H3,(H,26,29). The molecule has 2 aromatic carbocycles. The molecule has 4 rings (SSSR count). The molecule has 0 bridgehead atoms. The summed E-state index contributed by atoms with van der Waals surface area (Å²) < 4.78 is 12.4. The first kappa shape index (κ1) is 21.6. The van der Waals surface area contributed by atoms with Crippen molar-refractivity contribution in [3.05, 3.63) is 77.1 Å². The Balaban J connectivity index is 1.64. The molecule has 3 aromatic rings. The molecule has 1 fully saturated rings. The van der Waals surface area contributed by atoms with Gasteiger partial charge < -0.3 is 24.3 Å². The predicted octanol–water partition coefficient (Wildman–Crippen LogP) is 3.97. The average molecular weight is 434 g/mol. The van der Waals surface area contributed by atoms with Crippen molar-refractivity contribution in [3.63, 3.8) is 0 Å². The number of morpholine rings is 1. The summed E-state index contributed by atoms with van der Waals surface area (Å²) in [7, 11) is 1.34. The maximum Gasteiger partial charge on any atom is 0.340 e. The summed E-state index contributed by atoms with van der Waals surface area (Å²) in [6, 6.07) is 17.2. The van der Waals surface area contributed by atoms with E-state index in [1.54, 1.807) is 12.1 Å². The molecule has 0 atom stereocenters. The first-order chi connectivity index (χ1) is 15.5. The maximum atomic E-state index is 13.2. The van der Waals surface area contributed by atoms with E-state index >= 15 is 0 Å². The SMILES string of the molecule is COC(=O)c1cc(N2CCOCC2)ccc1NC(=O)c1cc(C)n(-c2ccccc2)c1C. The summed E-state index contributed by atoms with van der Waals surface area (Å²) in [6.45, 7) is 6.66. The molecular formula is C25H27N3O4. The molecule has 0 aliphatic carbocycles. The summed E-state index contributed by atoms with van der Waals surface area (Å²) in [6.07, 6.45) is 0. The van der Waals surface area contributed by atoms with Gasteiger partial charge in [-0.2, -0.15) is 0 Å². The summed E-state index contributed by atoms with van der Waals surface area (Å²) >= 11 is 0. The van der Waals surface area contributed by atoms with E-state index in [1.165, 1.54) is 7.11 Å². The third-order valence-electron chi connectivity index (χ3n) is 5.72. The molecule has 1 aromatic heterocycles. The van der Waals surface area contributed by atoms with Crippen molar-refractivity contribution >= 4 is 23.3 Å². The van der Waals surface area contributed by atoms with Gasteiger partial charge in [0.25, 0.3) is 5.91 Å². The summed E-state index contributed by atoms with van der Waals surface area (Å²) in [5, 5.41) is 2.91. The Morgan fingerprint density at radius 1 is 0.938 bits per heavy atom. The number of carbonyl (C=O) groups is 2. The fourth-order valence-electron chi connectivity index (χ4n) is 4.10. The Labute approximate surface area is 187 Å². The van der Waals surface area contributed by atoms with E-state index in [1.807, 2.05) is 60.9 Å². The molecule has 2 heterocycles. The smallest absolute Gasteiger partial charge is 0.340 e. The zero-order valence-corrected chi connectivity index (χ0v) is 18.6. The van der Waals surface area contributed by atoms with Gasteiger partial charge in [0.05, 0.1) is 37.1 Å². The minimum atomic E-state index is -0.495. The second kappa shape index (κ2) is 9.28. The fourth-order valence-corrected chi connectivity index (χ4v) is 4.10. The van der Waals surface area contributed by atoms with Gasteiger partial charge in [-0.1, -0.05) is 18.2 Å². The van der Waals surface area contributed by atoms with Crippen molar-refractivity contribution < 1.29 is 19.1 Å². The molecule has 0 unspecified atom stereocenters. The van der Waals surface area contributed by atoms with Gasteiger partial charge in [-0.15, -0.1) is 0 Å². The highest BCUT2D eigenvalue weighted by molar-refractivity contribution is 6.09. The lowest BCUT2D eigenvalue weighted by molar-refractivity contribution is 0.0602. The third-order valence-corrected chi connectivity index (χ3v) is 5.72. The van der Waals surface area contributed by atoms with Crippen LogP contribution in [0, 0.1) is 13.8 Å². The van der Waals surface area contributed by atoms with Gasteiger partial charge in [-0.3, -0.25) is 4.79 Å². The van der Waals surface area contributed by atoms with Gasteiger partial charge in [-0.05, 0) is 50.2 Å². The van der Waals surface area contributed by atoms with E-state index in [0.29, 0.717) is 30.0 Å². The predicted molar refractivity (Wildman–Crippen MR) is 124 cm³/mol. The third kappa shape index (κ3) is 4.24. The summed E-state index contributed by atoms with van der Waals surface area (Å²) in [5.41, 5.74) is 4.97. The Morgan fingerprint density at radius 2 is 1.66 bits per heavy atom. The number of benzene rings is 2. The van der Waals surface area contributed by atoms with Crippen LogP contribution in [-0.4, -0.2) is 49.9 Å². The Hall–Kier alpha value is -3.58. The largest absolute Gasteiger partial charge is 0.465 e. The lowest BCUT2D eigenvalue weighted by Gasteiger charge is -2.29. The molecule has 1 amide bonds. The van der Waals surface area contributed by atoms with Crippen molar-refractivity contribution in [1.29, 1.82) is 0 Å². The highest BCUT2D eigenvalue weighted by Gasteiger charge is 2.21. The van der Waals surface area contributed by atoms with E-state index in [4.69, 9.17) is 9.47 Å². The molecule has 166 valence electrons. The lowest BCUT2D eigenvalue weighted by atomic mass is 10.1. The number of amides is 1. The van der Waals surface area contributed by atoms with Crippen LogP contribution in [-0.2, 0) is 9.47 Å². The Bertz CT molecular complexity index is 1130. The van der Waals surface area contributed by atoms with E-state index in [-0.39, 0.29) is 5.91 Å². The topological polar surface area (TPSA) is 72.8 Å².